The number of aromatic hydroxyl groups is 1. The molecule has 1 rings (SSSR count). The zero-order valence-electron chi connectivity index (χ0n) is 6.67. The van der Waals surface area contributed by atoms with Gasteiger partial charge >= 0.3 is 0 Å². The molecule has 3 nitrogen and oxygen atoms in total. The molecule has 0 aliphatic heterocycles. The van der Waals surface area contributed by atoms with Crippen LogP contribution < -0.4 is 4.74 Å². The average molecular weight is 249 g/mol. The smallest absolute Gasteiger partial charge is 0.208 e. The highest BCUT2D eigenvalue weighted by molar-refractivity contribution is 9.10. The maximum atomic E-state index is 13.1. The van der Waals surface area contributed by atoms with Crippen molar-refractivity contribution in [3.05, 3.63) is 21.9 Å². The van der Waals surface area contributed by atoms with E-state index in [4.69, 9.17) is 5.11 Å². The molecule has 0 amide bonds. The highest BCUT2D eigenvalue weighted by Gasteiger charge is 2.16. The van der Waals surface area contributed by atoms with Crippen LogP contribution in [0.2, 0.25) is 0 Å². The highest BCUT2D eigenvalue weighted by Crippen LogP contribution is 2.35. The lowest BCUT2D eigenvalue weighted by molar-refractivity contribution is 0.111. The Morgan fingerprint density at radius 1 is 1.69 bits per heavy atom. The predicted octanol–water partition coefficient (Wildman–Crippen LogP) is 2.11. The summed E-state index contributed by atoms with van der Waals surface area (Å²) in [5.41, 5.74) is 0.0460. The maximum Gasteiger partial charge on any atom is 0.208 e. The number of aldehydes is 1. The molecule has 0 spiro atoms. The zero-order valence-corrected chi connectivity index (χ0v) is 8.26. The SMILES string of the molecule is COc1c(C=O)cc(Br)c(O)c1F. The Morgan fingerprint density at radius 3 is 2.77 bits per heavy atom. The van der Waals surface area contributed by atoms with Gasteiger partial charge in [-0.15, -0.1) is 0 Å². The number of ether oxygens (including phenoxy) is 1. The zero-order chi connectivity index (χ0) is 10.0. The number of methoxy groups -OCH3 is 1. The minimum atomic E-state index is -0.945. The molecular formula is C8H6BrFO3. The Bertz CT molecular complexity index is 352. The average Bonchev–Trinajstić information content (AvgIpc) is 2.13. The van der Waals surface area contributed by atoms with E-state index in [1.165, 1.54) is 13.2 Å². The second-order valence-corrected chi connectivity index (χ2v) is 3.12. The highest BCUT2D eigenvalue weighted by atomic mass is 79.9. The minimum Gasteiger partial charge on any atom is -0.504 e. The number of hydrogen-bond donors (Lipinski definition) is 1. The molecule has 0 fully saturated rings. The largest absolute Gasteiger partial charge is 0.504 e. The van der Waals surface area contributed by atoms with Crippen LogP contribution in [-0.4, -0.2) is 18.5 Å². The van der Waals surface area contributed by atoms with E-state index in [2.05, 4.69) is 20.7 Å². The van der Waals surface area contributed by atoms with Crippen LogP contribution in [-0.2, 0) is 0 Å². The van der Waals surface area contributed by atoms with Gasteiger partial charge < -0.3 is 9.84 Å². The van der Waals surface area contributed by atoms with E-state index in [-0.39, 0.29) is 15.8 Å². The summed E-state index contributed by atoms with van der Waals surface area (Å²) in [6.45, 7) is 0. The van der Waals surface area contributed by atoms with E-state index < -0.39 is 11.6 Å². The summed E-state index contributed by atoms with van der Waals surface area (Å²) in [4.78, 5) is 10.5. The Hall–Kier alpha value is -1.10. The van der Waals surface area contributed by atoms with Crippen molar-refractivity contribution < 1.29 is 19.0 Å². The van der Waals surface area contributed by atoms with Gasteiger partial charge in [0.25, 0.3) is 0 Å². The summed E-state index contributed by atoms with van der Waals surface area (Å²) >= 11 is 2.90. The van der Waals surface area contributed by atoms with E-state index in [1.807, 2.05) is 0 Å². The molecule has 1 aromatic carbocycles. The van der Waals surface area contributed by atoms with Gasteiger partial charge in [-0.1, -0.05) is 0 Å². The molecule has 1 aromatic rings. The van der Waals surface area contributed by atoms with Crippen LogP contribution >= 0.6 is 15.9 Å². The van der Waals surface area contributed by atoms with E-state index >= 15 is 0 Å². The summed E-state index contributed by atoms with van der Waals surface area (Å²) in [7, 11) is 1.22. The molecule has 0 aromatic heterocycles. The lowest BCUT2D eigenvalue weighted by atomic mass is 10.2. The third kappa shape index (κ3) is 1.65. The quantitative estimate of drug-likeness (QED) is 0.816. The van der Waals surface area contributed by atoms with Gasteiger partial charge in [-0.25, -0.2) is 0 Å². The van der Waals surface area contributed by atoms with E-state index in [0.717, 1.165) is 0 Å². The minimum absolute atomic E-state index is 0.0460. The van der Waals surface area contributed by atoms with E-state index in [9.17, 15) is 9.18 Å². The van der Waals surface area contributed by atoms with Gasteiger partial charge in [0.05, 0.1) is 17.1 Å². The van der Waals surface area contributed by atoms with Gasteiger partial charge in [0.1, 0.15) is 0 Å². The molecule has 0 aliphatic rings. The maximum absolute atomic E-state index is 13.1. The lowest BCUT2D eigenvalue weighted by Crippen LogP contribution is -1.95. The van der Waals surface area contributed by atoms with Crippen LogP contribution in [0.3, 0.4) is 0 Å². The number of benzene rings is 1. The molecule has 0 saturated carbocycles. The standard InChI is InChI=1S/C8H6BrFO3/c1-13-8-4(3-11)2-5(9)7(12)6(8)10/h2-3,12H,1H3. The third-order valence-electron chi connectivity index (χ3n) is 1.51. The van der Waals surface area contributed by atoms with Gasteiger partial charge in [0, 0.05) is 0 Å². The lowest BCUT2D eigenvalue weighted by Gasteiger charge is -2.07. The Kier molecular flexibility index (Phi) is 2.87. The fourth-order valence-electron chi connectivity index (χ4n) is 0.905. The first-order chi connectivity index (χ1) is 6.11. The number of carbonyl (C=O) groups is 1. The Morgan fingerprint density at radius 2 is 2.31 bits per heavy atom. The number of hydrogen-bond acceptors (Lipinski definition) is 3. The van der Waals surface area contributed by atoms with Crippen molar-refractivity contribution in [1.29, 1.82) is 0 Å². The molecule has 5 heteroatoms. The van der Waals surface area contributed by atoms with Crippen molar-refractivity contribution in [2.24, 2.45) is 0 Å². The number of phenolic OH excluding ortho intramolecular Hbond substituents is 1. The molecule has 0 bridgehead atoms. The second-order valence-electron chi connectivity index (χ2n) is 2.26. The van der Waals surface area contributed by atoms with Crippen molar-refractivity contribution in [2.75, 3.05) is 7.11 Å². The van der Waals surface area contributed by atoms with Crippen LogP contribution in [0.1, 0.15) is 10.4 Å². The molecule has 1 N–H and O–H groups in total. The fourth-order valence-corrected chi connectivity index (χ4v) is 1.33. The summed E-state index contributed by atoms with van der Waals surface area (Å²) in [6.07, 6.45) is 0.451. The molecule has 0 saturated heterocycles. The Labute approximate surface area is 82.3 Å². The molecule has 70 valence electrons. The van der Waals surface area contributed by atoms with Crippen molar-refractivity contribution in [1.82, 2.24) is 0 Å². The predicted molar refractivity (Wildman–Crippen MR) is 47.7 cm³/mol. The second kappa shape index (κ2) is 3.74. The first kappa shape index (κ1) is 9.98. The van der Waals surface area contributed by atoms with Gasteiger partial charge in [0.2, 0.25) is 5.82 Å². The number of halogens is 2. The molecular weight excluding hydrogens is 243 g/mol. The van der Waals surface area contributed by atoms with Crippen molar-refractivity contribution in [3.63, 3.8) is 0 Å². The molecule has 0 heterocycles. The first-order valence-corrected chi connectivity index (χ1v) is 4.11. The molecule has 0 unspecified atom stereocenters. The van der Waals surface area contributed by atoms with Crippen molar-refractivity contribution >= 4 is 22.2 Å². The summed E-state index contributed by atoms with van der Waals surface area (Å²) in [6, 6.07) is 1.28. The number of rotatable bonds is 2. The molecule has 0 radical (unpaired) electrons. The monoisotopic (exact) mass is 248 g/mol. The molecule has 0 atom stereocenters. The topological polar surface area (TPSA) is 46.5 Å². The third-order valence-corrected chi connectivity index (χ3v) is 2.11. The van der Waals surface area contributed by atoms with Gasteiger partial charge in [0.15, 0.2) is 17.8 Å². The number of carbonyl (C=O) groups excluding carboxylic acids is 1. The van der Waals surface area contributed by atoms with Gasteiger partial charge in [-0.3, -0.25) is 4.79 Å². The van der Waals surface area contributed by atoms with Gasteiger partial charge in [-0.2, -0.15) is 4.39 Å². The Balaban J connectivity index is 3.47. The van der Waals surface area contributed by atoms with Crippen LogP contribution in [0.15, 0.2) is 10.5 Å². The summed E-state index contributed by atoms with van der Waals surface area (Å²) in [5, 5.41) is 9.12. The molecule has 13 heavy (non-hydrogen) atoms. The van der Waals surface area contributed by atoms with E-state index in [0.29, 0.717) is 6.29 Å². The van der Waals surface area contributed by atoms with Crippen molar-refractivity contribution in [2.45, 2.75) is 0 Å². The normalized spacial score (nSPS) is 9.77. The summed E-state index contributed by atoms with van der Waals surface area (Å²) < 4.78 is 17.9. The fraction of sp³-hybridized carbons (Fsp3) is 0.125. The first-order valence-electron chi connectivity index (χ1n) is 3.32. The van der Waals surface area contributed by atoms with Crippen LogP contribution in [0, 0.1) is 5.82 Å². The molecule has 0 aliphatic carbocycles. The van der Waals surface area contributed by atoms with Crippen molar-refractivity contribution in [3.8, 4) is 11.5 Å². The van der Waals surface area contributed by atoms with Gasteiger partial charge in [-0.05, 0) is 22.0 Å². The van der Waals surface area contributed by atoms with Crippen LogP contribution in [0.5, 0.6) is 11.5 Å². The summed E-state index contributed by atoms with van der Waals surface area (Å²) in [5.74, 6) is -1.77. The van der Waals surface area contributed by atoms with E-state index in [1.54, 1.807) is 0 Å². The number of phenols is 1. The van der Waals surface area contributed by atoms with Crippen LogP contribution in [0.4, 0.5) is 4.39 Å². The van der Waals surface area contributed by atoms with Crippen LogP contribution in [0.25, 0.3) is 0 Å².